The molecular weight excluding hydrogens is 622 g/mol. The summed E-state index contributed by atoms with van der Waals surface area (Å²) in [5, 5.41) is 3.65. The summed E-state index contributed by atoms with van der Waals surface area (Å²) in [6.45, 7) is 19.0. The number of carbonyl (C=O) groups excluding carboxylic acids is 2. The van der Waals surface area contributed by atoms with Gasteiger partial charge in [-0.15, -0.1) is 0 Å². The first kappa shape index (κ1) is 34.9. The summed E-state index contributed by atoms with van der Waals surface area (Å²) < 4.78 is 23.7. The Morgan fingerprint density at radius 3 is 2.48 bits per heavy atom. The minimum atomic E-state index is -1.26. The molecule has 0 fully saturated rings. The molecule has 0 saturated carbocycles. The average molecular weight is 668 g/mol. The second-order valence-electron chi connectivity index (χ2n) is 14.6. The van der Waals surface area contributed by atoms with E-state index in [1.54, 1.807) is 23.1 Å². The highest BCUT2D eigenvalue weighted by molar-refractivity contribution is 6.76. The van der Waals surface area contributed by atoms with Gasteiger partial charge in [0.15, 0.2) is 0 Å². The number of halogens is 1. The third-order valence-corrected chi connectivity index (χ3v) is 10.4. The maximum atomic E-state index is 15.6. The molecule has 0 bridgehead atoms. The van der Waals surface area contributed by atoms with Crippen LogP contribution in [0.3, 0.4) is 0 Å². The van der Waals surface area contributed by atoms with Crippen molar-refractivity contribution in [3.05, 3.63) is 102 Å². The smallest absolute Gasteiger partial charge is 0.251 e. The molecule has 1 aliphatic rings. The minimum absolute atomic E-state index is 0.0138. The fourth-order valence-electron chi connectivity index (χ4n) is 5.71. The third kappa shape index (κ3) is 8.17. The highest BCUT2D eigenvalue weighted by Gasteiger charge is 2.23. The van der Waals surface area contributed by atoms with Crippen LogP contribution >= 0.6 is 0 Å². The SMILES string of the molecule is C=CC(=O)N1CC=C(c2cn(COCC[Si](C)(C)C)c3ncnc(-c4ccc(CNC(=O)c5ccc(C(C)(C)C)cc5)c(F)c4)c23)CC1. The lowest BCUT2D eigenvalue weighted by molar-refractivity contribution is -0.125. The number of amides is 2. The summed E-state index contributed by atoms with van der Waals surface area (Å²) in [7, 11) is -1.26. The quantitative estimate of drug-likeness (QED) is 0.101. The van der Waals surface area contributed by atoms with E-state index in [0.717, 1.165) is 28.1 Å². The van der Waals surface area contributed by atoms with Crippen molar-refractivity contribution in [1.82, 2.24) is 24.8 Å². The Labute approximate surface area is 283 Å². The molecule has 0 unspecified atom stereocenters. The molecule has 0 atom stereocenters. The molecule has 2 aromatic carbocycles. The zero-order valence-electron chi connectivity index (χ0n) is 28.9. The van der Waals surface area contributed by atoms with E-state index in [4.69, 9.17) is 4.74 Å². The Hall–Kier alpha value is -4.41. The molecule has 1 N–H and O–H groups in total. The van der Waals surface area contributed by atoms with Crippen LogP contribution in [0.25, 0.3) is 27.9 Å². The largest absolute Gasteiger partial charge is 0.361 e. The van der Waals surface area contributed by atoms with Gasteiger partial charge in [0.2, 0.25) is 5.91 Å². The van der Waals surface area contributed by atoms with Crippen molar-refractivity contribution in [3.63, 3.8) is 0 Å². The van der Waals surface area contributed by atoms with Gasteiger partial charge >= 0.3 is 0 Å². The Morgan fingerprint density at radius 2 is 1.85 bits per heavy atom. The molecule has 8 nitrogen and oxygen atoms in total. The Morgan fingerprint density at radius 1 is 1.10 bits per heavy atom. The first-order chi connectivity index (χ1) is 22.7. The third-order valence-electron chi connectivity index (χ3n) is 8.70. The molecule has 2 aromatic heterocycles. The van der Waals surface area contributed by atoms with Crippen LogP contribution in [0.4, 0.5) is 4.39 Å². The van der Waals surface area contributed by atoms with Gasteiger partial charge in [0.25, 0.3) is 5.91 Å². The van der Waals surface area contributed by atoms with E-state index in [9.17, 15) is 9.59 Å². The molecular formula is C38H46FN5O3Si. The maximum Gasteiger partial charge on any atom is 0.251 e. The monoisotopic (exact) mass is 667 g/mol. The molecule has 48 heavy (non-hydrogen) atoms. The summed E-state index contributed by atoms with van der Waals surface area (Å²) >= 11 is 0. The van der Waals surface area contributed by atoms with Gasteiger partial charge in [-0.1, -0.05) is 77.3 Å². The van der Waals surface area contributed by atoms with Gasteiger partial charge in [-0.05, 0) is 53.3 Å². The van der Waals surface area contributed by atoms with Crippen molar-refractivity contribution >= 4 is 36.5 Å². The molecule has 10 heteroatoms. The average Bonchev–Trinajstić information content (AvgIpc) is 3.43. The number of fused-ring (bicyclic) bond motifs is 1. The van der Waals surface area contributed by atoms with Crippen molar-refractivity contribution in [2.24, 2.45) is 0 Å². The predicted molar refractivity (Wildman–Crippen MR) is 193 cm³/mol. The summed E-state index contributed by atoms with van der Waals surface area (Å²) in [5.74, 6) is -0.796. The molecule has 2 amide bonds. The van der Waals surface area contributed by atoms with Gasteiger partial charge in [0, 0.05) is 62.8 Å². The van der Waals surface area contributed by atoms with Gasteiger partial charge in [-0.25, -0.2) is 14.4 Å². The molecule has 252 valence electrons. The molecule has 1 aliphatic heterocycles. The van der Waals surface area contributed by atoms with Crippen molar-refractivity contribution in [2.75, 3.05) is 19.7 Å². The maximum absolute atomic E-state index is 15.6. The van der Waals surface area contributed by atoms with Crippen molar-refractivity contribution < 1.29 is 18.7 Å². The summed E-state index contributed by atoms with van der Waals surface area (Å²) in [4.78, 5) is 36.1. The van der Waals surface area contributed by atoms with E-state index in [1.807, 2.05) is 29.0 Å². The number of benzene rings is 2. The number of nitrogens with one attached hydrogen (secondary N) is 1. The topological polar surface area (TPSA) is 89.3 Å². The minimum Gasteiger partial charge on any atom is -0.361 e. The predicted octanol–water partition coefficient (Wildman–Crippen LogP) is 7.58. The summed E-state index contributed by atoms with van der Waals surface area (Å²) in [5.41, 5.74) is 5.94. The number of nitrogens with zero attached hydrogens (tertiary/aromatic N) is 4. The van der Waals surface area contributed by atoms with Crippen molar-refractivity contribution in [3.8, 4) is 11.3 Å². The van der Waals surface area contributed by atoms with Gasteiger partial charge in [-0.3, -0.25) is 9.59 Å². The van der Waals surface area contributed by atoms with Crippen molar-refractivity contribution in [2.45, 2.75) is 71.6 Å². The molecule has 0 spiro atoms. The highest BCUT2D eigenvalue weighted by atomic mass is 28.3. The van der Waals surface area contributed by atoms with E-state index < -0.39 is 13.9 Å². The summed E-state index contributed by atoms with van der Waals surface area (Å²) in [6.07, 6.45) is 7.56. The van der Waals surface area contributed by atoms with Crippen LogP contribution in [0.5, 0.6) is 0 Å². The van der Waals surface area contributed by atoms with Gasteiger partial charge in [-0.2, -0.15) is 0 Å². The molecule has 3 heterocycles. The van der Waals surface area contributed by atoms with E-state index >= 15 is 4.39 Å². The van der Waals surface area contributed by atoms with Gasteiger partial charge < -0.3 is 19.5 Å². The lowest BCUT2D eigenvalue weighted by atomic mass is 9.87. The molecule has 0 radical (unpaired) electrons. The molecule has 5 rings (SSSR count). The first-order valence-electron chi connectivity index (χ1n) is 16.4. The van der Waals surface area contributed by atoms with E-state index in [1.165, 1.54) is 18.5 Å². The zero-order chi connectivity index (χ0) is 34.6. The molecule has 0 saturated heterocycles. The lowest BCUT2D eigenvalue weighted by Crippen LogP contribution is -2.33. The fraction of sp³-hybridized carbons (Fsp3) is 0.368. The standard InChI is InChI=1S/C38H46FN5O3Si/c1-8-33(45)43-17-15-26(16-18-43)31-23-44(25-47-19-20-48(5,6)7)36-34(31)35(41-24-42-36)28-9-10-29(32(39)21-28)22-40-37(46)27-11-13-30(14-12-27)38(2,3)4/h8-15,21,23-24H,1,16-20,22,25H2,2-7H3,(H,40,46). The van der Waals surface area contributed by atoms with Crippen LogP contribution in [0.1, 0.15) is 54.2 Å². The van der Waals surface area contributed by atoms with Crippen molar-refractivity contribution in [1.29, 1.82) is 0 Å². The van der Waals surface area contributed by atoms with Crippen LogP contribution in [0, 0.1) is 5.82 Å². The zero-order valence-corrected chi connectivity index (χ0v) is 29.9. The number of hydrogen-bond acceptors (Lipinski definition) is 5. The van der Waals surface area contributed by atoms with Gasteiger partial charge in [0.1, 0.15) is 24.5 Å². The van der Waals surface area contributed by atoms with Crippen LogP contribution in [0.15, 0.2) is 73.7 Å². The Kier molecular flexibility index (Phi) is 10.5. The van der Waals surface area contributed by atoms with Gasteiger partial charge in [0.05, 0.1) is 11.1 Å². The normalized spacial score (nSPS) is 13.8. The number of carbonyl (C=O) groups is 2. The van der Waals surface area contributed by atoms with E-state index in [2.05, 4.69) is 68.4 Å². The van der Waals surface area contributed by atoms with Crippen LogP contribution in [0.2, 0.25) is 25.7 Å². The number of hydrogen-bond donors (Lipinski definition) is 1. The second kappa shape index (κ2) is 14.4. The lowest BCUT2D eigenvalue weighted by Gasteiger charge is -2.25. The molecule has 0 aliphatic carbocycles. The Balaban J connectivity index is 1.42. The van der Waals surface area contributed by atoms with E-state index in [-0.39, 0.29) is 23.8 Å². The van der Waals surface area contributed by atoms with Crippen LogP contribution in [-0.2, 0) is 28.2 Å². The number of ether oxygens (including phenoxy) is 1. The highest BCUT2D eigenvalue weighted by Crippen LogP contribution is 2.36. The number of rotatable bonds is 11. The second-order valence-corrected chi connectivity index (χ2v) is 20.2. The molecule has 4 aromatic rings. The number of aromatic nitrogens is 3. The first-order valence-corrected chi connectivity index (χ1v) is 20.2. The fourth-order valence-corrected chi connectivity index (χ4v) is 6.46. The Bertz CT molecular complexity index is 1850. The van der Waals surface area contributed by atoms with Crippen LogP contribution < -0.4 is 5.32 Å². The van der Waals surface area contributed by atoms with Crippen LogP contribution in [-0.4, -0.2) is 59.0 Å². The van der Waals surface area contributed by atoms with E-state index in [0.29, 0.717) is 60.9 Å². The summed E-state index contributed by atoms with van der Waals surface area (Å²) in [6, 6.07) is 13.5.